The summed E-state index contributed by atoms with van der Waals surface area (Å²) in [4.78, 5) is 10.3. The van der Waals surface area contributed by atoms with Gasteiger partial charge in [-0.3, -0.25) is 4.98 Å². The summed E-state index contributed by atoms with van der Waals surface area (Å²) < 4.78 is 2.61. The molecular formula is C46H28N2S. The van der Waals surface area contributed by atoms with E-state index in [-0.39, 0.29) is 0 Å². The second-order valence-corrected chi connectivity index (χ2v) is 13.6. The number of hydrogen-bond donors (Lipinski definition) is 0. The van der Waals surface area contributed by atoms with Gasteiger partial charge in [-0.1, -0.05) is 158 Å². The topological polar surface area (TPSA) is 25.8 Å². The van der Waals surface area contributed by atoms with Crippen LogP contribution in [0.3, 0.4) is 0 Å². The van der Waals surface area contributed by atoms with Crippen LogP contribution in [0.2, 0.25) is 0 Å². The van der Waals surface area contributed by atoms with E-state index in [1.165, 1.54) is 64.3 Å². The van der Waals surface area contributed by atoms with Crippen LogP contribution in [0.5, 0.6) is 0 Å². The molecule has 0 saturated carbocycles. The first-order valence-electron chi connectivity index (χ1n) is 16.6. The summed E-state index contributed by atoms with van der Waals surface area (Å²) in [6.07, 6.45) is 1.93. The zero-order chi connectivity index (χ0) is 32.3. The zero-order valence-corrected chi connectivity index (χ0v) is 27.3. The summed E-state index contributed by atoms with van der Waals surface area (Å²) in [7, 11) is 0. The molecule has 3 heteroatoms. The van der Waals surface area contributed by atoms with E-state index in [4.69, 9.17) is 9.97 Å². The molecule has 2 heterocycles. The van der Waals surface area contributed by atoms with Crippen LogP contribution >= 0.6 is 11.3 Å². The van der Waals surface area contributed by atoms with E-state index < -0.39 is 0 Å². The maximum Gasteiger partial charge on any atom is 0.0979 e. The molecule has 10 rings (SSSR count). The third kappa shape index (κ3) is 4.55. The molecule has 0 unspecified atom stereocenters. The molecule has 0 aliphatic rings. The van der Waals surface area contributed by atoms with Crippen LogP contribution in [0.4, 0.5) is 0 Å². The van der Waals surface area contributed by atoms with Gasteiger partial charge in [0.2, 0.25) is 0 Å². The quantitative estimate of drug-likeness (QED) is 0.179. The minimum atomic E-state index is 0.875. The van der Waals surface area contributed by atoms with Crippen molar-refractivity contribution in [3.05, 3.63) is 170 Å². The molecule has 0 saturated heterocycles. The van der Waals surface area contributed by atoms with Gasteiger partial charge in [0, 0.05) is 36.5 Å². The van der Waals surface area contributed by atoms with Gasteiger partial charge in [-0.25, -0.2) is 4.98 Å². The molecule has 0 spiro atoms. The zero-order valence-electron chi connectivity index (χ0n) is 26.5. The molecule has 0 aliphatic carbocycles. The molecule has 228 valence electrons. The van der Waals surface area contributed by atoms with Crippen molar-refractivity contribution in [1.29, 1.82) is 0 Å². The molecule has 49 heavy (non-hydrogen) atoms. The average Bonchev–Trinajstić information content (AvgIpc) is 3.58. The average molecular weight is 641 g/mol. The van der Waals surface area contributed by atoms with Crippen LogP contribution < -0.4 is 0 Å². The fraction of sp³-hybridized carbons (Fsp3) is 0. The Kier molecular flexibility index (Phi) is 6.39. The van der Waals surface area contributed by atoms with Crippen molar-refractivity contribution < 1.29 is 0 Å². The molecule has 0 bridgehead atoms. The van der Waals surface area contributed by atoms with Gasteiger partial charge < -0.3 is 0 Å². The minimum Gasteiger partial charge on any atom is -0.252 e. The molecule has 0 fully saturated rings. The monoisotopic (exact) mass is 640 g/mol. The highest BCUT2D eigenvalue weighted by molar-refractivity contribution is 7.26. The Bertz CT molecular complexity index is 2830. The van der Waals surface area contributed by atoms with Crippen molar-refractivity contribution in [2.24, 2.45) is 0 Å². The lowest BCUT2D eigenvalue weighted by atomic mass is 9.97. The van der Waals surface area contributed by atoms with Gasteiger partial charge >= 0.3 is 0 Å². The molecule has 0 aliphatic heterocycles. The predicted octanol–water partition coefficient (Wildman–Crippen LogP) is 13.0. The van der Waals surface area contributed by atoms with Crippen molar-refractivity contribution in [3.63, 3.8) is 0 Å². The Balaban J connectivity index is 1.09. The fourth-order valence-corrected chi connectivity index (χ4v) is 8.73. The summed E-state index contributed by atoms with van der Waals surface area (Å²) in [6.45, 7) is 0. The van der Waals surface area contributed by atoms with E-state index in [1.54, 1.807) is 0 Å². The number of rotatable bonds is 4. The lowest BCUT2D eigenvalue weighted by Crippen LogP contribution is -1.92. The van der Waals surface area contributed by atoms with Gasteiger partial charge in [0.05, 0.1) is 22.9 Å². The maximum atomic E-state index is 5.27. The van der Waals surface area contributed by atoms with Gasteiger partial charge in [0.1, 0.15) is 0 Å². The molecule has 8 aromatic carbocycles. The van der Waals surface area contributed by atoms with E-state index in [9.17, 15) is 0 Å². The number of benzene rings is 8. The molecule has 2 aromatic heterocycles. The lowest BCUT2D eigenvalue weighted by molar-refractivity contribution is 1.31. The highest BCUT2D eigenvalue weighted by Gasteiger charge is 2.16. The van der Waals surface area contributed by atoms with E-state index >= 15 is 0 Å². The van der Waals surface area contributed by atoms with Crippen LogP contribution in [0.25, 0.3) is 97.4 Å². The molecule has 10 aromatic rings. The Morgan fingerprint density at radius 3 is 1.53 bits per heavy atom. The van der Waals surface area contributed by atoms with Gasteiger partial charge in [0.15, 0.2) is 0 Å². The largest absolute Gasteiger partial charge is 0.252 e. The van der Waals surface area contributed by atoms with Crippen molar-refractivity contribution in [2.45, 2.75) is 0 Å². The molecule has 0 amide bonds. The summed E-state index contributed by atoms with van der Waals surface area (Å²) in [6, 6.07) is 58.7. The highest BCUT2D eigenvalue weighted by Crippen LogP contribution is 2.44. The first-order chi connectivity index (χ1) is 24.3. The lowest BCUT2D eigenvalue weighted by Gasteiger charge is -2.11. The Hall–Kier alpha value is -6.16. The minimum absolute atomic E-state index is 0.875. The molecule has 2 nitrogen and oxygen atoms in total. The van der Waals surface area contributed by atoms with E-state index in [0.717, 1.165) is 33.1 Å². The first-order valence-corrected chi connectivity index (χ1v) is 17.4. The summed E-state index contributed by atoms with van der Waals surface area (Å²) >= 11 is 1.88. The number of aromatic nitrogens is 2. The molecule has 0 radical (unpaired) electrons. The molecule has 0 atom stereocenters. The van der Waals surface area contributed by atoms with Gasteiger partial charge in [-0.15, -0.1) is 11.3 Å². The highest BCUT2D eigenvalue weighted by atomic mass is 32.1. The predicted molar refractivity (Wildman–Crippen MR) is 209 cm³/mol. The molecule has 0 N–H and O–H groups in total. The maximum absolute atomic E-state index is 5.27. The van der Waals surface area contributed by atoms with Crippen LogP contribution in [0.15, 0.2) is 170 Å². The standard InChI is InChI=1S/C46H28N2S/c1-2-11-29(12-3-1)30-23-25-31(26-24-30)34-19-9-21-40-41-22-10-20-35(46(41)49-45(34)40)32-13-8-14-33(27-32)42-28-47-43-38-17-6-4-15-36(38)37-16-5-7-18-39(37)44(43)48-42/h1-28H. The van der Waals surface area contributed by atoms with Crippen LogP contribution in [0.1, 0.15) is 0 Å². The smallest absolute Gasteiger partial charge is 0.0979 e. The molecular weight excluding hydrogens is 613 g/mol. The van der Waals surface area contributed by atoms with E-state index in [0.29, 0.717) is 0 Å². The van der Waals surface area contributed by atoms with Crippen LogP contribution in [-0.2, 0) is 0 Å². The van der Waals surface area contributed by atoms with E-state index in [2.05, 4.69) is 164 Å². The third-order valence-electron chi connectivity index (χ3n) is 9.72. The van der Waals surface area contributed by atoms with Crippen molar-refractivity contribution in [2.75, 3.05) is 0 Å². The normalized spacial score (nSPS) is 11.7. The number of nitrogens with zero attached hydrogens (tertiary/aromatic N) is 2. The Morgan fingerprint density at radius 1 is 0.347 bits per heavy atom. The number of thiophene rings is 1. The second kappa shape index (κ2) is 11.2. The number of fused-ring (bicyclic) bond motifs is 9. The fourth-order valence-electron chi connectivity index (χ4n) is 7.36. The van der Waals surface area contributed by atoms with Gasteiger partial charge in [0.25, 0.3) is 0 Å². The van der Waals surface area contributed by atoms with Crippen LogP contribution in [0, 0.1) is 0 Å². The van der Waals surface area contributed by atoms with Crippen LogP contribution in [-0.4, -0.2) is 9.97 Å². The first kappa shape index (κ1) is 27.9. The summed E-state index contributed by atoms with van der Waals surface area (Å²) in [5.41, 5.74) is 11.2. The SMILES string of the molecule is c1ccc(-c2ccc(-c3cccc4c3sc3c(-c5cccc(-c6cnc7c8ccccc8c8ccccc8c7n6)c5)cccc34)cc2)cc1. The second-order valence-electron chi connectivity index (χ2n) is 12.5. The Morgan fingerprint density at radius 2 is 0.837 bits per heavy atom. The van der Waals surface area contributed by atoms with Gasteiger partial charge in [-0.2, -0.15) is 0 Å². The van der Waals surface area contributed by atoms with Gasteiger partial charge in [-0.05, 0) is 50.2 Å². The van der Waals surface area contributed by atoms with Crippen molar-refractivity contribution in [1.82, 2.24) is 9.97 Å². The third-order valence-corrected chi connectivity index (χ3v) is 11.0. The van der Waals surface area contributed by atoms with Crippen molar-refractivity contribution in [3.8, 4) is 44.6 Å². The van der Waals surface area contributed by atoms with Crippen molar-refractivity contribution >= 4 is 64.1 Å². The van der Waals surface area contributed by atoms with E-state index in [1.807, 2.05) is 17.5 Å². The Labute approximate surface area is 287 Å². The summed E-state index contributed by atoms with van der Waals surface area (Å²) in [5.74, 6) is 0. The number of hydrogen-bond acceptors (Lipinski definition) is 3. The summed E-state index contributed by atoms with van der Waals surface area (Å²) in [5, 5.41) is 7.25.